The number of aromatic nitrogens is 1. The van der Waals surface area contributed by atoms with Gasteiger partial charge in [-0.2, -0.15) is 0 Å². The average molecular weight is 377 g/mol. The number of hydrogen-bond donors (Lipinski definition) is 2. The molecule has 1 atom stereocenters. The zero-order chi connectivity index (χ0) is 19.5. The van der Waals surface area contributed by atoms with Crippen molar-refractivity contribution in [2.45, 2.75) is 32.5 Å². The standard InChI is InChI=1S/C23H28N4O/c1-17-13-21-19(9-6-10-22(21)25-17)14-24-23(28)27-12-11-20(16-27)26(2)15-18-7-4-3-5-8-18/h3-10,13,20,25H,11-12,14-16H2,1-2H3,(H,24,28). The number of carbonyl (C=O) groups is 1. The van der Waals surface area contributed by atoms with Crippen LogP contribution in [0.4, 0.5) is 4.79 Å². The zero-order valence-corrected chi connectivity index (χ0v) is 16.6. The molecule has 0 spiro atoms. The predicted octanol–water partition coefficient (Wildman–Crippen LogP) is 3.89. The fourth-order valence-corrected chi connectivity index (χ4v) is 4.08. The number of nitrogens with zero attached hydrogens (tertiary/aromatic N) is 2. The second kappa shape index (κ2) is 8.07. The smallest absolute Gasteiger partial charge is 0.317 e. The van der Waals surface area contributed by atoms with Crippen LogP contribution in [0.2, 0.25) is 0 Å². The number of carbonyl (C=O) groups excluding carboxylic acids is 1. The number of H-pyrrole nitrogens is 1. The van der Waals surface area contributed by atoms with Crippen molar-refractivity contribution in [1.29, 1.82) is 0 Å². The second-order valence-electron chi connectivity index (χ2n) is 7.78. The van der Waals surface area contributed by atoms with E-state index < -0.39 is 0 Å². The molecule has 5 nitrogen and oxygen atoms in total. The van der Waals surface area contributed by atoms with Gasteiger partial charge in [0, 0.05) is 48.8 Å². The van der Waals surface area contributed by atoms with Gasteiger partial charge in [-0.1, -0.05) is 42.5 Å². The molecule has 2 heterocycles. The Hall–Kier alpha value is -2.79. The maximum absolute atomic E-state index is 12.7. The molecule has 5 heteroatoms. The molecule has 1 aliphatic heterocycles. The van der Waals surface area contributed by atoms with Gasteiger partial charge in [0.25, 0.3) is 0 Å². The van der Waals surface area contributed by atoms with E-state index in [1.54, 1.807) is 0 Å². The van der Waals surface area contributed by atoms with Crippen molar-refractivity contribution >= 4 is 16.9 Å². The highest BCUT2D eigenvalue weighted by Gasteiger charge is 2.28. The summed E-state index contributed by atoms with van der Waals surface area (Å²) in [5.41, 5.74) is 4.71. The molecule has 0 saturated carbocycles. The summed E-state index contributed by atoms with van der Waals surface area (Å²) < 4.78 is 0. The van der Waals surface area contributed by atoms with Gasteiger partial charge in [-0.15, -0.1) is 0 Å². The number of aryl methyl sites for hydroxylation is 1. The molecule has 0 radical (unpaired) electrons. The number of nitrogens with one attached hydrogen (secondary N) is 2. The number of likely N-dealkylation sites (tertiary alicyclic amines) is 1. The van der Waals surface area contributed by atoms with Gasteiger partial charge >= 0.3 is 6.03 Å². The number of likely N-dealkylation sites (N-methyl/N-ethyl adjacent to an activating group) is 1. The monoisotopic (exact) mass is 376 g/mol. The molecule has 0 aliphatic carbocycles. The summed E-state index contributed by atoms with van der Waals surface area (Å²) in [7, 11) is 2.15. The van der Waals surface area contributed by atoms with Gasteiger partial charge in [-0.05, 0) is 43.7 Å². The first-order chi connectivity index (χ1) is 13.6. The highest BCUT2D eigenvalue weighted by molar-refractivity contribution is 5.84. The SMILES string of the molecule is Cc1cc2c(CNC(=O)N3CCC(N(C)Cc4ccccc4)C3)cccc2[nH]1. The fraction of sp³-hybridized carbons (Fsp3) is 0.348. The van der Waals surface area contributed by atoms with E-state index in [9.17, 15) is 4.79 Å². The summed E-state index contributed by atoms with van der Waals surface area (Å²) in [6, 6.07) is 19.2. The average Bonchev–Trinajstić information content (AvgIpc) is 3.33. The van der Waals surface area contributed by atoms with Gasteiger partial charge in [-0.3, -0.25) is 4.90 Å². The fourth-order valence-electron chi connectivity index (χ4n) is 4.08. The quantitative estimate of drug-likeness (QED) is 0.710. The Morgan fingerprint density at radius 1 is 1.21 bits per heavy atom. The first-order valence-electron chi connectivity index (χ1n) is 9.94. The Balaban J connectivity index is 1.32. The van der Waals surface area contributed by atoms with E-state index in [1.807, 2.05) is 17.0 Å². The van der Waals surface area contributed by atoms with E-state index in [4.69, 9.17) is 0 Å². The van der Waals surface area contributed by atoms with Crippen LogP contribution < -0.4 is 5.32 Å². The van der Waals surface area contributed by atoms with E-state index in [0.717, 1.165) is 42.8 Å². The van der Waals surface area contributed by atoms with E-state index in [1.165, 1.54) is 10.9 Å². The van der Waals surface area contributed by atoms with Crippen molar-refractivity contribution in [3.63, 3.8) is 0 Å². The first kappa shape index (κ1) is 18.6. The molecule has 3 aromatic rings. The van der Waals surface area contributed by atoms with Crippen molar-refractivity contribution in [2.24, 2.45) is 0 Å². The summed E-state index contributed by atoms with van der Waals surface area (Å²) >= 11 is 0. The van der Waals surface area contributed by atoms with E-state index >= 15 is 0 Å². The number of amides is 2. The lowest BCUT2D eigenvalue weighted by Gasteiger charge is -2.25. The highest BCUT2D eigenvalue weighted by Crippen LogP contribution is 2.20. The molecular weight excluding hydrogens is 348 g/mol. The maximum Gasteiger partial charge on any atom is 0.317 e. The third-order valence-electron chi connectivity index (χ3n) is 5.67. The van der Waals surface area contributed by atoms with Gasteiger partial charge in [0.1, 0.15) is 0 Å². The number of benzene rings is 2. The minimum atomic E-state index is 0.0277. The van der Waals surface area contributed by atoms with Crippen LogP contribution in [-0.2, 0) is 13.1 Å². The molecular formula is C23H28N4O. The molecule has 1 fully saturated rings. The highest BCUT2D eigenvalue weighted by atomic mass is 16.2. The summed E-state index contributed by atoms with van der Waals surface area (Å²) in [5.74, 6) is 0. The van der Waals surface area contributed by atoms with Crippen LogP contribution in [0, 0.1) is 6.92 Å². The molecule has 146 valence electrons. The lowest BCUT2D eigenvalue weighted by molar-refractivity contribution is 0.197. The molecule has 2 N–H and O–H groups in total. The van der Waals surface area contributed by atoms with Crippen molar-refractivity contribution in [1.82, 2.24) is 20.1 Å². The third kappa shape index (κ3) is 4.04. The molecule has 4 rings (SSSR count). The number of urea groups is 1. The van der Waals surface area contributed by atoms with Crippen LogP contribution in [0.25, 0.3) is 10.9 Å². The largest absolute Gasteiger partial charge is 0.359 e. The van der Waals surface area contributed by atoms with Crippen LogP contribution in [0.15, 0.2) is 54.6 Å². The minimum Gasteiger partial charge on any atom is -0.359 e. The van der Waals surface area contributed by atoms with Gasteiger partial charge in [0.2, 0.25) is 0 Å². The number of rotatable bonds is 5. The van der Waals surface area contributed by atoms with E-state index in [2.05, 4.69) is 71.6 Å². The topological polar surface area (TPSA) is 51.4 Å². The van der Waals surface area contributed by atoms with Crippen LogP contribution in [0.3, 0.4) is 0 Å². The lowest BCUT2D eigenvalue weighted by Crippen LogP contribution is -2.40. The normalized spacial score (nSPS) is 16.8. The molecule has 0 bridgehead atoms. The molecule has 2 amide bonds. The van der Waals surface area contributed by atoms with E-state index in [-0.39, 0.29) is 6.03 Å². The Bertz CT molecular complexity index is 950. The van der Waals surface area contributed by atoms with Crippen molar-refractivity contribution in [2.75, 3.05) is 20.1 Å². The molecule has 1 saturated heterocycles. The van der Waals surface area contributed by atoms with Gasteiger partial charge in [-0.25, -0.2) is 4.79 Å². The maximum atomic E-state index is 12.7. The summed E-state index contributed by atoms with van der Waals surface area (Å²) in [6.07, 6.45) is 1.02. The molecule has 1 aromatic heterocycles. The summed E-state index contributed by atoms with van der Waals surface area (Å²) in [5, 5.41) is 4.29. The van der Waals surface area contributed by atoms with Crippen molar-refractivity contribution in [3.8, 4) is 0 Å². The van der Waals surface area contributed by atoms with Gasteiger partial charge in [0.15, 0.2) is 0 Å². The zero-order valence-electron chi connectivity index (χ0n) is 16.6. The van der Waals surface area contributed by atoms with E-state index in [0.29, 0.717) is 12.6 Å². The van der Waals surface area contributed by atoms with Crippen LogP contribution in [0.1, 0.15) is 23.2 Å². The number of aromatic amines is 1. The minimum absolute atomic E-state index is 0.0277. The van der Waals surface area contributed by atoms with Gasteiger partial charge < -0.3 is 15.2 Å². The Morgan fingerprint density at radius 2 is 2.04 bits per heavy atom. The van der Waals surface area contributed by atoms with Crippen LogP contribution >= 0.6 is 0 Å². The molecule has 28 heavy (non-hydrogen) atoms. The Morgan fingerprint density at radius 3 is 2.86 bits per heavy atom. The number of fused-ring (bicyclic) bond motifs is 1. The number of hydrogen-bond acceptors (Lipinski definition) is 2. The van der Waals surface area contributed by atoms with Crippen molar-refractivity contribution in [3.05, 3.63) is 71.4 Å². The Labute approximate surface area is 166 Å². The van der Waals surface area contributed by atoms with Crippen molar-refractivity contribution < 1.29 is 4.79 Å². The predicted molar refractivity (Wildman–Crippen MR) is 113 cm³/mol. The molecule has 2 aromatic carbocycles. The summed E-state index contributed by atoms with van der Waals surface area (Å²) in [6.45, 7) is 5.11. The van der Waals surface area contributed by atoms with Crippen LogP contribution in [-0.4, -0.2) is 47.0 Å². The van der Waals surface area contributed by atoms with Crippen LogP contribution in [0.5, 0.6) is 0 Å². The lowest BCUT2D eigenvalue weighted by atomic mass is 10.1. The second-order valence-corrected chi connectivity index (χ2v) is 7.78. The molecule has 1 aliphatic rings. The van der Waals surface area contributed by atoms with Gasteiger partial charge in [0.05, 0.1) is 0 Å². The molecule has 1 unspecified atom stereocenters. The third-order valence-corrected chi connectivity index (χ3v) is 5.67. The summed E-state index contributed by atoms with van der Waals surface area (Å²) in [4.78, 5) is 20.3. The first-order valence-corrected chi connectivity index (χ1v) is 9.94. The Kier molecular flexibility index (Phi) is 5.35.